The van der Waals surface area contributed by atoms with E-state index in [0.29, 0.717) is 11.5 Å². The average molecular weight is 233 g/mol. The highest BCUT2D eigenvalue weighted by molar-refractivity contribution is 5.75. The minimum Gasteiger partial charge on any atom is -0.493 e. The number of hydrogen-bond donors (Lipinski definition) is 0. The lowest BCUT2D eigenvalue weighted by Crippen LogP contribution is -2.34. The standard InChI is InChI=1S/C14H19NO2/c1-15-7-3-5-13(9-15)11-17-14-6-2-4-12(8-14)10-16/h2,4,6,8,10,13H,3,5,7,9,11H2,1H3. The Bertz CT molecular complexity index is 378. The highest BCUT2D eigenvalue weighted by atomic mass is 16.5. The number of likely N-dealkylation sites (tertiary alicyclic amines) is 1. The smallest absolute Gasteiger partial charge is 0.150 e. The molecular weight excluding hydrogens is 214 g/mol. The third-order valence-electron chi connectivity index (χ3n) is 3.20. The molecule has 0 saturated carbocycles. The van der Waals surface area contributed by atoms with E-state index in [1.165, 1.54) is 19.4 Å². The molecule has 92 valence electrons. The van der Waals surface area contributed by atoms with Crippen molar-refractivity contribution in [2.24, 2.45) is 5.92 Å². The molecule has 1 heterocycles. The van der Waals surface area contributed by atoms with Gasteiger partial charge in [-0.05, 0) is 38.6 Å². The lowest BCUT2D eigenvalue weighted by molar-refractivity contribution is 0.112. The Morgan fingerprint density at radius 3 is 3.18 bits per heavy atom. The monoisotopic (exact) mass is 233 g/mol. The number of benzene rings is 1. The number of rotatable bonds is 4. The van der Waals surface area contributed by atoms with Crippen molar-refractivity contribution in [2.45, 2.75) is 12.8 Å². The molecule has 1 fully saturated rings. The molecule has 1 aliphatic rings. The molecule has 3 nitrogen and oxygen atoms in total. The van der Waals surface area contributed by atoms with Crippen LogP contribution in [0, 0.1) is 5.92 Å². The van der Waals surface area contributed by atoms with Gasteiger partial charge >= 0.3 is 0 Å². The lowest BCUT2D eigenvalue weighted by Gasteiger charge is -2.29. The van der Waals surface area contributed by atoms with E-state index in [9.17, 15) is 4.79 Å². The van der Waals surface area contributed by atoms with Crippen LogP contribution in [0.2, 0.25) is 0 Å². The van der Waals surface area contributed by atoms with Crippen LogP contribution >= 0.6 is 0 Å². The quantitative estimate of drug-likeness (QED) is 0.747. The second-order valence-electron chi connectivity index (χ2n) is 4.77. The van der Waals surface area contributed by atoms with Crippen molar-refractivity contribution in [1.29, 1.82) is 0 Å². The van der Waals surface area contributed by atoms with Crippen molar-refractivity contribution in [3.63, 3.8) is 0 Å². The van der Waals surface area contributed by atoms with Crippen molar-refractivity contribution in [3.05, 3.63) is 29.8 Å². The van der Waals surface area contributed by atoms with E-state index in [2.05, 4.69) is 11.9 Å². The third kappa shape index (κ3) is 3.56. The topological polar surface area (TPSA) is 29.5 Å². The molecule has 0 aliphatic carbocycles. The summed E-state index contributed by atoms with van der Waals surface area (Å²) < 4.78 is 5.75. The highest BCUT2D eigenvalue weighted by Gasteiger charge is 2.17. The Balaban J connectivity index is 1.86. The normalized spacial score (nSPS) is 21.1. The molecular formula is C14H19NO2. The number of nitrogens with zero attached hydrogens (tertiary/aromatic N) is 1. The second kappa shape index (κ2) is 5.82. The zero-order valence-corrected chi connectivity index (χ0v) is 10.3. The molecule has 0 spiro atoms. The summed E-state index contributed by atoms with van der Waals surface area (Å²) in [5.74, 6) is 1.40. The van der Waals surface area contributed by atoms with Gasteiger partial charge in [-0.1, -0.05) is 12.1 Å². The molecule has 0 bridgehead atoms. The maximum absolute atomic E-state index is 10.6. The molecule has 1 aromatic carbocycles. The van der Waals surface area contributed by atoms with Crippen LogP contribution in [0.5, 0.6) is 5.75 Å². The number of carbonyl (C=O) groups excluding carboxylic acids is 1. The van der Waals surface area contributed by atoms with E-state index in [1.54, 1.807) is 12.1 Å². The van der Waals surface area contributed by atoms with Gasteiger partial charge < -0.3 is 9.64 Å². The zero-order chi connectivity index (χ0) is 12.1. The molecule has 0 amide bonds. The SMILES string of the molecule is CN1CCCC(COc2cccc(C=O)c2)C1. The molecule has 1 aromatic rings. The number of ether oxygens (including phenoxy) is 1. The van der Waals surface area contributed by atoms with Crippen LogP contribution in [0.1, 0.15) is 23.2 Å². The largest absolute Gasteiger partial charge is 0.493 e. The Kier molecular flexibility index (Phi) is 4.15. The predicted molar refractivity (Wildman–Crippen MR) is 67.5 cm³/mol. The van der Waals surface area contributed by atoms with Crippen molar-refractivity contribution in [1.82, 2.24) is 4.90 Å². The highest BCUT2D eigenvalue weighted by Crippen LogP contribution is 2.18. The Morgan fingerprint density at radius 1 is 1.53 bits per heavy atom. The summed E-state index contributed by atoms with van der Waals surface area (Å²) in [6.45, 7) is 3.04. The fraction of sp³-hybridized carbons (Fsp3) is 0.500. The number of piperidine rings is 1. The Labute approximate surface area is 102 Å². The van der Waals surface area contributed by atoms with Gasteiger partial charge in [0.1, 0.15) is 12.0 Å². The van der Waals surface area contributed by atoms with Crippen LogP contribution < -0.4 is 4.74 Å². The van der Waals surface area contributed by atoms with Crippen molar-refractivity contribution in [3.8, 4) is 5.75 Å². The summed E-state index contributed by atoms with van der Waals surface area (Å²) in [6.07, 6.45) is 3.33. The van der Waals surface area contributed by atoms with E-state index in [4.69, 9.17) is 4.74 Å². The molecule has 2 rings (SSSR count). The average Bonchev–Trinajstić information content (AvgIpc) is 2.37. The number of carbonyl (C=O) groups is 1. The van der Waals surface area contributed by atoms with Gasteiger partial charge in [-0.2, -0.15) is 0 Å². The molecule has 1 saturated heterocycles. The Morgan fingerprint density at radius 2 is 2.41 bits per heavy atom. The van der Waals surface area contributed by atoms with Crippen LogP contribution in [0.25, 0.3) is 0 Å². The van der Waals surface area contributed by atoms with Gasteiger partial charge in [0, 0.05) is 18.0 Å². The van der Waals surface area contributed by atoms with Gasteiger partial charge in [-0.3, -0.25) is 4.79 Å². The van der Waals surface area contributed by atoms with E-state index >= 15 is 0 Å². The lowest BCUT2D eigenvalue weighted by atomic mass is 10.00. The van der Waals surface area contributed by atoms with Gasteiger partial charge in [-0.25, -0.2) is 0 Å². The van der Waals surface area contributed by atoms with E-state index in [0.717, 1.165) is 25.2 Å². The maximum Gasteiger partial charge on any atom is 0.150 e. The molecule has 1 aliphatic heterocycles. The number of hydrogen-bond acceptors (Lipinski definition) is 3. The minimum absolute atomic E-state index is 0.605. The molecule has 1 atom stereocenters. The molecule has 0 radical (unpaired) electrons. The van der Waals surface area contributed by atoms with Crippen LogP contribution in [0.4, 0.5) is 0 Å². The van der Waals surface area contributed by atoms with Crippen LogP contribution in [0.3, 0.4) is 0 Å². The molecule has 17 heavy (non-hydrogen) atoms. The van der Waals surface area contributed by atoms with E-state index < -0.39 is 0 Å². The first-order valence-corrected chi connectivity index (χ1v) is 6.14. The molecule has 1 unspecified atom stereocenters. The van der Waals surface area contributed by atoms with Gasteiger partial charge in [0.05, 0.1) is 6.61 Å². The summed E-state index contributed by atoms with van der Waals surface area (Å²) in [7, 11) is 2.15. The van der Waals surface area contributed by atoms with Crippen LogP contribution in [-0.2, 0) is 0 Å². The van der Waals surface area contributed by atoms with Gasteiger partial charge in [-0.15, -0.1) is 0 Å². The van der Waals surface area contributed by atoms with Crippen molar-refractivity contribution >= 4 is 6.29 Å². The first-order valence-electron chi connectivity index (χ1n) is 6.14. The summed E-state index contributed by atoms with van der Waals surface area (Å²) in [5, 5.41) is 0. The first kappa shape index (κ1) is 12.1. The fourth-order valence-corrected chi connectivity index (χ4v) is 2.30. The van der Waals surface area contributed by atoms with Gasteiger partial charge in [0.25, 0.3) is 0 Å². The predicted octanol–water partition coefficient (Wildman–Crippen LogP) is 2.22. The summed E-state index contributed by atoms with van der Waals surface area (Å²) in [5.41, 5.74) is 0.670. The molecule has 3 heteroatoms. The molecule has 0 aromatic heterocycles. The van der Waals surface area contributed by atoms with Gasteiger partial charge in [0.2, 0.25) is 0 Å². The summed E-state index contributed by atoms with van der Waals surface area (Å²) in [6, 6.07) is 7.33. The Hall–Kier alpha value is -1.35. The van der Waals surface area contributed by atoms with Crippen molar-refractivity contribution in [2.75, 3.05) is 26.7 Å². The summed E-state index contributed by atoms with van der Waals surface area (Å²) in [4.78, 5) is 13.0. The van der Waals surface area contributed by atoms with E-state index in [1.807, 2.05) is 12.1 Å². The maximum atomic E-state index is 10.6. The zero-order valence-electron chi connectivity index (χ0n) is 10.3. The van der Waals surface area contributed by atoms with Crippen LogP contribution in [-0.4, -0.2) is 37.9 Å². The van der Waals surface area contributed by atoms with E-state index in [-0.39, 0.29) is 0 Å². The van der Waals surface area contributed by atoms with Crippen molar-refractivity contribution < 1.29 is 9.53 Å². The van der Waals surface area contributed by atoms with Gasteiger partial charge in [0.15, 0.2) is 0 Å². The third-order valence-corrected chi connectivity index (χ3v) is 3.20. The summed E-state index contributed by atoms with van der Waals surface area (Å²) >= 11 is 0. The van der Waals surface area contributed by atoms with Crippen LogP contribution in [0.15, 0.2) is 24.3 Å². The minimum atomic E-state index is 0.605. The fourth-order valence-electron chi connectivity index (χ4n) is 2.30. The first-order chi connectivity index (χ1) is 8.28. The second-order valence-corrected chi connectivity index (χ2v) is 4.77. The molecule has 0 N–H and O–H groups in total. The number of aldehydes is 1.